The molecule has 0 aliphatic rings. The minimum atomic E-state index is -4.33. The van der Waals surface area contributed by atoms with Crippen LogP contribution in [0.25, 0.3) is 0 Å². The molecule has 0 N–H and O–H groups in total. The molecule has 13 heteroatoms. The smallest absolute Gasteiger partial charge is 0.780 e. The fraction of sp³-hybridized carbons (Fsp3) is 0. The van der Waals surface area contributed by atoms with Crippen LogP contribution < -0.4 is 103 Å². The van der Waals surface area contributed by atoms with E-state index >= 15 is 0 Å². The molecule has 0 radical (unpaired) electrons. The normalized spacial score (nSPS) is 8.92. The molecule has 0 amide bonds. The summed E-state index contributed by atoms with van der Waals surface area (Å²) in [6, 6.07) is 0. The molecule has 0 aliphatic heterocycles. The predicted octanol–water partition coefficient (Wildman–Crippen LogP) is -8.01. The van der Waals surface area contributed by atoms with Gasteiger partial charge in [0.1, 0.15) is 0 Å². The van der Waals surface area contributed by atoms with Crippen molar-refractivity contribution in [3.63, 3.8) is 0 Å². The molecule has 0 aromatic carbocycles. The summed E-state index contributed by atoms with van der Waals surface area (Å²) in [5, 5.41) is 0. The molecular weight excluding hydrogens is 368 g/mol. The third kappa shape index (κ3) is 172. The van der Waals surface area contributed by atoms with Crippen LogP contribution in [0.1, 0.15) is 0 Å². The quantitative estimate of drug-likeness (QED) is 0.386. The summed E-state index contributed by atoms with van der Waals surface area (Å²) >= 11 is 6.49. The maximum Gasteiger partial charge on any atom is 2.00 e. The van der Waals surface area contributed by atoms with Gasteiger partial charge in [0.05, 0.1) is 0 Å². The maximum absolute atomic E-state index is 8.89. The molecule has 6 nitrogen and oxygen atoms in total. The molecule has 0 bridgehead atoms. The minimum Gasteiger partial charge on any atom is -0.780 e. The Balaban J connectivity index is -0.0000000267. The van der Waals surface area contributed by atoms with Crippen LogP contribution in [-0.2, 0) is 60.0 Å². The van der Waals surface area contributed by atoms with Gasteiger partial charge < -0.3 is 18.2 Å². The van der Waals surface area contributed by atoms with Crippen LogP contribution in [0.15, 0.2) is 0 Å². The molecular formula is K2O6S4Zn. The fourth-order valence-electron chi connectivity index (χ4n) is 0. The number of hydrogen-bond donors (Lipinski definition) is 0. The van der Waals surface area contributed by atoms with E-state index in [0.717, 1.165) is 0 Å². The first kappa shape index (κ1) is 30.5. The summed E-state index contributed by atoms with van der Waals surface area (Å²) < 4.78 is 53.3. The minimum absolute atomic E-state index is 0. The van der Waals surface area contributed by atoms with Crippen LogP contribution in [0.2, 0.25) is 0 Å². The van der Waals surface area contributed by atoms with E-state index in [4.69, 9.17) is 26.6 Å². The third-order valence-electron chi connectivity index (χ3n) is 0. The van der Waals surface area contributed by atoms with E-state index in [0.29, 0.717) is 0 Å². The molecule has 64 valence electrons. The van der Waals surface area contributed by atoms with Crippen LogP contribution in [0.5, 0.6) is 0 Å². The second-order valence-corrected chi connectivity index (χ2v) is 4.90. The molecule has 0 aromatic rings. The molecule has 0 atom stereocenters. The Labute approximate surface area is 184 Å². The molecule has 13 heavy (non-hydrogen) atoms. The van der Waals surface area contributed by atoms with Gasteiger partial charge in [-0.15, -0.1) is 18.1 Å². The first-order valence-electron chi connectivity index (χ1n) is 1.33. The van der Waals surface area contributed by atoms with Crippen molar-refractivity contribution in [3.05, 3.63) is 0 Å². The van der Waals surface area contributed by atoms with Crippen molar-refractivity contribution in [1.82, 2.24) is 0 Å². The predicted molar refractivity (Wildman–Crippen MR) is 34.1 cm³/mol. The molecule has 0 saturated carbocycles. The van der Waals surface area contributed by atoms with Gasteiger partial charge in [-0.05, 0) is 22.4 Å². The Kier molecular flexibility index (Phi) is 34.1. The average Bonchev–Trinajstić information content (AvgIpc) is 1.12. The zero-order valence-electron chi connectivity index (χ0n) is 6.79. The van der Waals surface area contributed by atoms with Crippen molar-refractivity contribution in [2.75, 3.05) is 0 Å². The first-order valence-corrected chi connectivity index (χ1v) is 6.00. The van der Waals surface area contributed by atoms with Gasteiger partial charge in [-0.3, -0.25) is 8.42 Å². The van der Waals surface area contributed by atoms with Crippen molar-refractivity contribution in [3.8, 4) is 0 Å². The topological polar surface area (TPSA) is 126 Å². The van der Waals surface area contributed by atoms with Crippen LogP contribution in [0, 0.1) is 0 Å². The van der Waals surface area contributed by atoms with Crippen LogP contribution in [0.4, 0.5) is 0 Å². The second-order valence-electron chi connectivity index (χ2n) is 0.816. The van der Waals surface area contributed by atoms with Crippen molar-refractivity contribution >= 4 is 40.5 Å². The molecule has 0 rings (SSSR count). The van der Waals surface area contributed by atoms with Gasteiger partial charge >= 0.3 is 122 Å². The van der Waals surface area contributed by atoms with E-state index in [9.17, 15) is 0 Å². The molecule has 0 fully saturated rings. The molecule has 0 aliphatic carbocycles. The second kappa shape index (κ2) is 14.5. The Morgan fingerprint density at radius 1 is 0.769 bits per heavy atom. The van der Waals surface area contributed by atoms with Crippen molar-refractivity contribution < 1.29 is 149 Å². The van der Waals surface area contributed by atoms with Crippen molar-refractivity contribution in [2.45, 2.75) is 0 Å². The fourth-order valence-corrected chi connectivity index (χ4v) is 0. The Morgan fingerprint density at radius 3 is 0.769 bits per heavy atom. The standard InChI is InChI=1S/2K.2H2O3S2.Zn/c;;2*1-5(2,3)4;/h;;2*(H2,1,2,3,4);/q2*+1;;;+2/p-4. The summed E-state index contributed by atoms with van der Waals surface area (Å²) in [5.41, 5.74) is 0. The summed E-state index contributed by atoms with van der Waals surface area (Å²) in [6.07, 6.45) is 0. The average molecular weight is 368 g/mol. The van der Waals surface area contributed by atoms with Gasteiger partial charge in [-0.25, -0.2) is 0 Å². The zero-order valence-corrected chi connectivity index (χ0v) is 19.3. The van der Waals surface area contributed by atoms with Gasteiger partial charge in [-0.1, -0.05) is 0 Å². The zero-order chi connectivity index (χ0) is 9.00. The SMILES string of the molecule is O=S([O-])([O-])=S.O=S([O-])([O-])=S.[K+].[K+].[Zn+2]. The summed E-state index contributed by atoms with van der Waals surface area (Å²) in [4.78, 5) is 0. The summed E-state index contributed by atoms with van der Waals surface area (Å²) in [7, 11) is -8.67. The summed E-state index contributed by atoms with van der Waals surface area (Å²) in [5.74, 6) is 0. The van der Waals surface area contributed by atoms with E-state index in [-0.39, 0.29) is 122 Å². The van der Waals surface area contributed by atoms with E-state index < -0.39 is 18.1 Å². The van der Waals surface area contributed by atoms with Crippen LogP contribution in [0.3, 0.4) is 0 Å². The maximum atomic E-state index is 8.89. The number of hydrogen-bond acceptors (Lipinski definition) is 8. The first-order chi connectivity index (χ1) is 4.00. The van der Waals surface area contributed by atoms with Crippen LogP contribution in [-0.4, -0.2) is 26.6 Å². The largest absolute Gasteiger partial charge is 2.00 e. The van der Waals surface area contributed by atoms with E-state index in [1.165, 1.54) is 0 Å². The summed E-state index contributed by atoms with van der Waals surface area (Å²) in [6.45, 7) is 0. The van der Waals surface area contributed by atoms with Gasteiger partial charge in [-0.2, -0.15) is 0 Å². The Hall–Kier alpha value is 4.48. The third-order valence-corrected chi connectivity index (χ3v) is 0. The monoisotopic (exact) mass is 366 g/mol. The van der Waals surface area contributed by atoms with Crippen LogP contribution >= 0.6 is 0 Å². The Morgan fingerprint density at radius 2 is 0.769 bits per heavy atom. The van der Waals surface area contributed by atoms with E-state index in [1.807, 2.05) is 0 Å². The number of rotatable bonds is 0. The van der Waals surface area contributed by atoms with Gasteiger partial charge in [0, 0.05) is 0 Å². The van der Waals surface area contributed by atoms with E-state index in [2.05, 4.69) is 22.4 Å². The molecule has 0 heterocycles. The van der Waals surface area contributed by atoms with Crippen molar-refractivity contribution in [2.24, 2.45) is 0 Å². The molecule has 0 aromatic heterocycles. The van der Waals surface area contributed by atoms with E-state index in [1.54, 1.807) is 0 Å². The van der Waals surface area contributed by atoms with Gasteiger partial charge in [0.15, 0.2) is 0 Å². The van der Waals surface area contributed by atoms with Gasteiger partial charge in [0.25, 0.3) is 0 Å². The van der Waals surface area contributed by atoms with Gasteiger partial charge in [0.2, 0.25) is 0 Å². The molecule has 0 unspecified atom stereocenters. The van der Waals surface area contributed by atoms with Crippen molar-refractivity contribution in [1.29, 1.82) is 0 Å². The molecule has 0 saturated heterocycles. The Bertz CT molecular complexity index is 219. The molecule has 0 spiro atoms.